The van der Waals surface area contributed by atoms with Gasteiger partial charge in [-0.3, -0.25) is 14.4 Å². The molecule has 0 saturated heterocycles. The summed E-state index contributed by atoms with van der Waals surface area (Å²) >= 11 is 0. The third-order valence-corrected chi connectivity index (χ3v) is 3.58. The predicted octanol–water partition coefficient (Wildman–Crippen LogP) is 2.80. The van der Waals surface area contributed by atoms with Gasteiger partial charge in [-0.25, -0.2) is 0 Å². The van der Waals surface area contributed by atoms with E-state index in [1.165, 1.54) is 6.92 Å². The Balaban J connectivity index is 1.87. The monoisotopic (exact) mass is 369 g/mol. The summed E-state index contributed by atoms with van der Waals surface area (Å²) in [6.45, 7) is 4.17. The molecule has 27 heavy (non-hydrogen) atoms. The van der Waals surface area contributed by atoms with Crippen molar-refractivity contribution in [2.45, 2.75) is 20.3 Å². The predicted molar refractivity (Wildman–Crippen MR) is 104 cm³/mol. The molecule has 7 heteroatoms. The molecule has 0 spiro atoms. The van der Waals surface area contributed by atoms with Crippen LogP contribution >= 0.6 is 0 Å². The molecule has 2 rings (SSSR count). The van der Waals surface area contributed by atoms with Gasteiger partial charge in [0, 0.05) is 36.8 Å². The molecule has 3 amide bonds. The summed E-state index contributed by atoms with van der Waals surface area (Å²) in [4.78, 5) is 34.8. The van der Waals surface area contributed by atoms with Crippen molar-refractivity contribution in [1.29, 1.82) is 0 Å². The van der Waals surface area contributed by atoms with Crippen molar-refractivity contribution >= 4 is 29.1 Å². The number of nitrogens with one attached hydrogen (secondary N) is 3. The van der Waals surface area contributed by atoms with Crippen LogP contribution in [0.15, 0.2) is 48.5 Å². The number of benzene rings is 2. The van der Waals surface area contributed by atoms with Crippen LogP contribution in [0.5, 0.6) is 5.75 Å². The van der Waals surface area contributed by atoms with Crippen LogP contribution in [0.25, 0.3) is 0 Å². The van der Waals surface area contributed by atoms with E-state index in [9.17, 15) is 14.4 Å². The van der Waals surface area contributed by atoms with Crippen molar-refractivity contribution in [1.82, 2.24) is 5.32 Å². The lowest BCUT2D eigenvalue weighted by Gasteiger charge is -2.09. The van der Waals surface area contributed by atoms with E-state index in [4.69, 9.17) is 4.74 Å². The molecule has 0 aliphatic rings. The van der Waals surface area contributed by atoms with Crippen molar-refractivity contribution in [3.63, 3.8) is 0 Å². The number of ether oxygens (including phenoxy) is 1. The summed E-state index contributed by atoms with van der Waals surface area (Å²) in [5, 5.41) is 8.08. The number of amides is 3. The lowest BCUT2D eigenvalue weighted by molar-refractivity contribution is -0.119. The van der Waals surface area contributed by atoms with E-state index in [-0.39, 0.29) is 30.7 Å². The van der Waals surface area contributed by atoms with E-state index >= 15 is 0 Å². The Labute approximate surface area is 158 Å². The van der Waals surface area contributed by atoms with Crippen molar-refractivity contribution in [3.05, 3.63) is 54.1 Å². The van der Waals surface area contributed by atoms with Gasteiger partial charge in [-0.2, -0.15) is 0 Å². The largest absolute Gasteiger partial charge is 0.494 e. The molecule has 0 fully saturated rings. The number of carbonyl (C=O) groups excluding carboxylic acids is 3. The van der Waals surface area contributed by atoms with E-state index < -0.39 is 0 Å². The summed E-state index contributed by atoms with van der Waals surface area (Å²) in [5.41, 5.74) is 1.72. The van der Waals surface area contributed by atoms with E-state index in [0.717, 1.165) is 5.75 Å². The van der Waals surface area contributed by atoms with Gasteiger partial charge in [0.05, 0.1) is 6.61 Å². The van der Waals surface area contributed by atoms with Crippen LogP contribution < -0.4 is 20.7 Å². The first-order valence-corrected chi connectivity index (χ1v) is 8.66. The lowest BCUT2D eigenvalue weighted by Crippen LogP contribution is -2.25. The molecule has 0 atom stereocenters. The molecular weight excluding hydrogens is 346 g/mol. The SMILES string of the molecule is CCOc1ccc(NC(=O)c2ccc(NC(=O)CCNC(C)=O)cc2)cc1. The van der Waals surface area contributed by atoms with E-state index in [2.05, 4.69) is 16.0 Å². The van der Waals surface area contributed by atoms with E-state index in [0.29, 0.717) is 23.5 Å². The molecule has 0 aromatic heterocycles. The third-order valence-electron chi connectivity index (χ3n) is 3.58. The molecule has 2 aromatic carbocycles. The highest BCUT2D eigenvalue weighted by atomic mass is 16.5. The standard InChI is InChI=1S/C20H23N3O4/c1-3-27-18-10-8-17(9-11-18)23-20(26)15-4-6-16(7-5-15)22-19(25)12-13-21-14(2)24/h4-11H,3,12-13H2,1-2H3,(H,21,24)(H,22,25)(H,23,26). The summed E-state index contributed by atoms with van der Waals surface area (Å²) in [5.74, 6) is 0.109. The number of hydrogen-bond acceptors (Lipinski definition) is 4. The smallest absolute Gasteiger partial charge is 0.255 e. The fraction of sp³-hybridized carbons (Fsp3) is 0.250. The number of anilines is 2. The molecule has 0 bridgehead atoms. The maximum atomic E-state index is 12.3. The quantitative estimate of drug-likeness (QED) is 0.667. The Bertz CT molecular complexity index is 786. The van der Waals surface area contributed by atoms with Crippen LogP contribution in [0, 0.1) is 0 Å². The maximum absolute atomic E-state index is 12.3. The molecule has 0 saturated carbocycles. The molecule has 0 aliphatic carbocycles. The first-order valence-electron chi connectivity index (χ1n) is 8.66. The van der Waals surface area contributed by atoms with Crippen LogP contribution in [0.1, 0.15) is 30.6 Å². The molecule has 2 aromatic rings. The number of hydrogen-bond donors (Lipinski definition) is 3. The average Bonchev–Trinajstić information content (AvgIpc) is 2.64. The van der Waals surface area contributed by atoms with Crippen LogP contribution in [0.3, 0.4) is 0 Å². The number of carbonyl (C=O) groups is 3. The van der Waals surface area contributed by atoms with Gasteiger partial charge in [-0.15, -0.1) is 0 Å². The molecular formula is C20H23N3O4. The maximum Gasteiger partial charge on any atom is 0.255 e. The third kappa shape index (κ3) is 6.81. The minimum atomic E-state index is -0.248. The van der Waals surface area contributed by atoms with Gasteiger partial charge in [0.15, 0.2) is 0 Å². The van der Waals surface area contributed by atoms with Crippen LogP contribution in [0.2, 0.25) is 0 Å². The summed E-state index contributed by atoms with van der Waals surface area (Å²) in [7, 11) is 0. The van der Waals surface area contributed by atoms with E-state index in [1.54, 1.807) is 48.5 Å². The van der Waals surface area contributed by atoms with E-state index in [1.807, 2.05) is 6.92 Å². The highest BCUT2D eigenvalue weighted by Gasteiger charge is 2.08. The summed E-state index contributed by atoms with van der Waals surface area (Å²) < 4.78 is 5.36. The molecule has 3 N–H and O–H groups in total. The Morgan fingerprint density at radius 2 is 1.48 bits per heavy atom. The molecule has 0 unspecified atom stereocenters. The van der Waals surface area contributed by atoms with Crippen molar-refractivity contribution < 1.29 is 19.1 Å². The molecule has 0 heterocycles. The Hall–Kier alpha value is -3.35. The van der Waals surface area contributed by atoms with Crippen molar-refractivity contribution in [2.75, 3.05) is 23.8 Å². The van der Waals surface area contributed by atoms with Gasteiger partial charge in [0.1, 0.15) is 5.75 Å². The summed E-state index contributed by atoms with van der Waals surface area (Å²) in [6.07, 6.45) is 0.180. The molecule has 0 radical (unpaired) electrons. The van der Waals surface area contributed by atoms with Gasteiger partial charge < -0.3 is 20.7 Å². The molecule has 0 aliphatic heterocycles. The minimum absolute atomic E-state index is 0.175. The van der Waals surface area contributed by atoms with Gasteiger partial charge in [-0.05, 0) is 55.5 Å². The first kappa shape index (κ1) is 20.0. The fourth-order valence-corrected chi connectivity index (χ4v) is 2.28. The van der Waals surface area contributed by atoms with Crippen LogP contribution in [-0.4, -0.2) is 30.9 Å². The fourth-order valence-electron chi connectivity index (χ4n) is 2.28. The minimum Gasteiger partial charge on any atom is -0.494 e. The average molecular weight is 369 g/mol. The van der Waals surface area contributed by atoms with Crippen LogP contribution in [-0.2, 0) is 9.59 Å². The van der Waals surface area contributed by atoms with Gasteiger partial charge in [0.25, 0.3) is 5.91 Å². The van der Waals surface area contributed by atoms with Crippen LogP contribution in [0.4, 0.5) is 11.4 Å². The first-order chi connectivity index (χ1) is 13.0. The molecule has 7 nitrogen and oxygen atoms in total. The Kier molecular flexibility index (Phi) is 7.37. The highest BCUT2D eigenvalue weighted by Crippen LogP contribution is 2.17. The normalized spacial score (nSPS) is 10.0. The van der Waals surface area contributed by atoms with Gasteiger partial charge in [0.2, 0.25) is 11.8 Å². The lowest BCUT2D eigenvalue weighted by atomic mass is 10.2. The topological polar surface area (TPSA) is 96.5 Å². The Morgan fingerprint density at radius 3 is 2.07 bits per heavy atom. The zero-order valence-corrected chi connectivity index (χ0v) is 15.4. The highest BCUT2D eigenvalue weighted by molar-refractivity contribution is 6.04. The second-order valence-electron chi connectivity index (χ2n) is 5.77. The van der Waals surface area contributed by atoms with Crippen molar-refractivity contribution in [3.8, 4) is 5.75 Å². The second kappa shape index (κ2) is 9.96. The summed E-state index contributed by atoms with van der Waals surface area (Å²) in [6, 6.07) is 13.7. The van der Waals surface area contributed by atoms with Gasteiger partial charge in [-0.1, -0.05) is 0 Å². The zero-order valence-electron chi connectivity index (χ0n) is 15.4. The molecule has 142 valence electrons. The van der Waals surface area contributed by atoms with Gasteiger partial charge >= 0.3 is 0 Å². The second-order valence-corrected chi connectivity index (χ2v) is 5.77. The van der Waals surface area contributed by atoms with Crippen molar-refractivity contribution in [2.24, 2.45) is 0 Å². The zero-order chi connectivity index (χ0) is 19.6. The Morgan fingerprint density at radius 1 is 0.889 bits per heavy atom. The number of rotatable bonds is 8.